The van der Waals surface area contributed by atoms with Crippen LogP contribution < -0.4 is 5.32 Å². The maximum atomic E-state index is 13.4. The number of nitrogens with one attached hydrogen (secondary N) is 1. The first-order valence-electron chi connectivity index (χ1n) is 29.9. The Balaban J connectivity index is 2.72. The first kappa shape index (κ1) is 68.9. The number of carbonyl (C=O) groups excluding carboxylic acids is 2. The van der Waals surface area contributed by atoms with E-state index in [1.54, 1.807) is 6.08 Å². The van der Waals surface area contributed by atoms with Gasteiger partial charge >= 0.3 is 5.97 Å². The smallest absolute Gasteiger partial charge is 0.306 e. The van der Waals surface area contributed by atoms with E-state index >= 15 is 0 Å². The van der Waals surface area contributed by atoms with E-state index in [1.165, 1.54) is 128 Å². The third kappa shape index (κ3) is 38.4. The second kappa shape index (κ2) is 50.6. The van der Waals surface area contributed by atoms with Gasteiger partial charge < -0.3 is 45.1 Å². The van der Waals surface area contributed by atoms with Crippen molar-refractivity contribution in [2.45, 2.75) is 288 Å². The van der Waals surface area contributed by atoms with Crippen LogP contribution in [0, 0.1) is 0 Å². The van der Waals surface area contributed by atoms with Gasteiger partial charge in [0.2, 0.25) is 5.91 Å². The van der Waals surface area contributed by atoms with E-state index in [0.29, 0.717) is 12.8 Å². The van der Waals surface area contributed by atoms with Crippen molar-refractivity contribution in [2.75, 3.05) is 13.2 Å². The van der Waals surface area contributed by atoms with E-state index in [1.807, 2.05) is 60.8 Å². The van der Waals surface area contributed by atoms with Crippen LogP contribution in [0.5, 0.6) is 0 Å². The highest BCUT2D eigenvalue weighted by Crippen LogP contribution is 2.26. The average Bonchev–Trinajstić information content (AvgIpc) is 3.40. The van der Waals surface area contributed by atoms with E-state index in [-0.39, 0.29) is 19.4 Å². The molecule has 74 heavy (non-hydrogen) atoms. The zero-order valence-electron chi connectivity index (χ0n) is 46.9. The van der Waals surface area contributed by atoms with Crippen LogP contribution in [0.4, 0.5) is 0 Å². The number of amides is 1. The van der Waals surface area contributed by atoms with Gasteiger partial charge in [-0.3, -0.25) is 9.59 Å². The maximum Gasteiger partial charge on any atom is 0.306 e. The van der Waals surface area contributed by atoms with Gasteiger partial charge in [0, 0.05) is 6.42 Å². The summed E-state index contributed by atoms with van der Waals surface area (Å²) in [5.41, 5.74) is 0. The standard InChI is InChI=1S/C63H109NO10/c1-4-7-10-13-16-19-22-25-27-28-29-30-31-33-36-39-42-45-48-51-58(68)74-61-60(70)59(69)57(52-65)73-63(61)72-53-54(55(66)49-46-43-40-37-34-24-21-18-15-12-9-6-3)64-62(71)56(67)50-47-44-41-38-35-32-26-23-20-17-14-11-8-5-2/h8,11,14,17,20,23,25-27,32,35,38,46,49,54-57,59-61,63,65-67,69-70H,4-7,9-10,12-13,15-16,18-19,21-22,24,28-31,33-34,36-37,39-45,47-48,50-53H2,1-3H3,(H,64,71)/b11-8+,17-14+,23-20-,27-25+,32-26-,38-35+,49-46+. The molecule has 1 amide bonds. The summed E-state index contributed by atoms with van der Waals surface area (Å²) >= 11 is 0. The summed E-state index contributed by atoms with van der Waals surface area (Å²) in [6.07, 6.45) is 54.8. The zero-order valence-corrected chi connectivity index (χ0v) is 46.9. The zero-order chi connectivity index (χ0) is 54.0. The quantitative estimate of drug-likeness (QED) is 0.0149. The molecule has 0 saturated carbocycles. The summed E-state index contributed by atoms with van der Waals surface area (Å²) < 4.78 is 17.6. The number of aliphatic hydroxyl groups excluding tert-OH is 5. The maximum absolute atomic E-state index is 13.4. The molecule has 6 N–H and O–H groups in total. The lowest BCUT2D eigenvalue weighted by Gasteiger charge is -2.41. The van der Waals surface area contributed by atoms with Crippen molar-refractivity contribution in [1.82, 2.24) is 5.32 Å². The minimum Gasteiger partial charge on any atom is -0.454 e. The molecule has 11 nitrogen and oxygen atoms in total. The van der Waals surface area contributed by atoms with Crippen LogP contribution in [-0.2, 0) is 23.8 Å². The number of esters is 1. The largest absolute Gasteiger partial charge is 0.454 e. The Bertz CT molecular complexity index is 1520. The van der Waals surface area contributed by atoms with Crippen molar-refractivity contribution in [1.29, 1.82) is 0 Å². The molecule has 1 saturated heterocycles. The minimum absolute atomic E-state index is 0.113. The molecule has 1 aliphatic heterocycles. The lowest BCUT2D eigenvalue weighted by atomic mass is 9.99. The fraction of sp³-hybridized carbons (Fsp3) is 0.746. The van der Waals surface area contributed by atoms with Gasteiger partial charge in [-0.2, -0.15) is 0 Å². The molecule has 0 aromatic rings. The van der Waals surface area contributed by atoms with Crippen LogP contribution in [0.25, 0.3) is 0 Å². The first-order chi connectivity index (χ1) is 36.2. The molecule has 0 spiro atoms. The van der Waals surface area contributed by atoms with Gasteiger partial charge in [-0.1, -0.05) is 247 Å². The summed E-state index contributed by atoms with van der Waals surface area (Å²) in [7, 11) is 0. The Morgan fingerprint density at radius 1 is 0.541 bits per heavy atom. The molecule has 0 radical (unpaired) electrons. The van der Waals surface area contributed by atoms with Gasteiger partial charge in [-0.25, -0.2) is 0 Å². The predicted octanol–water partition coefficient (Wildman–Crippen LogP) is 13.8. The number of hydrogen-bond donors (Lipinski definition) is 6. The average molecular weight is 1040 g/mol. The van der Waals surface area contributed by atoms with E-state index in [4.69, 9.17) is 14.2 Å². The number of hydrogen-bond acceptors (Lipinski definition) is 10. The minimum atomic E-state index is -1.63. The van der Waals surface area contributed by atoms with Crippen LogP contribution >= 0.6 is 0 Å². The molecule has 426 valence electrons. The van der Waals surface area contributed by atoms with Crippen LogP contribution in [0.2, 0.25) is 0 Å². The molecule has 11 heteroatoms. The van der Waals surface area contributed by atoms with Crippen molar-refractivity contribution >= 4 is 11.9 Å². The molecule has 1 fully saturated rings. The highest BCUT2D eigenvalue weighted by molar-refractivity contribution is 5.80. The SMILES string of the molecule is CC/C=C/C=C/C=C\C=C/C=C/CCCCC(O)C(=O)NC(COC1OC(CO)C(O)C(O)C1OC(=O)CCCCCCCCCCC/C=C/CCCCCCCC)C(O)/C=C/CCCCCCCCCCCC. The molecule has 8 atom stereocenters. The van der Waals surface area contributed by atoms with Gasteiger partial charge in [-0.05, 0) is 70.6 Å². The monoisotopic (exact) mass is 1040 g/mol. The third-order valence-electron chi connectivity index (χ3n) is 13.7. The van der Waals surface area contributed by atoms with Gasteiger partial charge in [0.15, 0.2) is 12.4 Å². The van der Waals surface area contributed by atoms with E-state index in [2.05, 4.69) is 44.3 Å². The summed E-state index contributed by atoms with van der Waals surface area (Å²) in [6.45, 7) is 5.60. The van der Waals surface area contributed by atoms with Crippen LogP contribution in [-0.4, -0.2) is 99.6 Å². The predicted molar refractivity (Wildman–Crippen MR) is 306 cm³/mol. The number of aliphatic hydroxyl groups is 5. The normalized spacial score (nSPS) is 19.9. The number of carbonyl (C=O) groups is 2. The second-order valence-electron chi connectivity index (χ2n) is 20.5. The molecular weight excluding hydrogens is 931 g/mol. The van der Waals surface area contributed by atoms with Crippen molar-refractivity contribution in [2.24, 2.45) is 0 Å². The molecule has 0 aliphatic carbocycles. The van der Waals surface area contributed by atoms with Crippen molar-refractivity contribution < 1.29 is 49.3 Å². The molecule has 1 heterocycles. The fourth-order valence-electron chi connectivity index (χ4n) is 8.90. The Kier molecular flexibility index (Phi) is 47.1. The van der Waals surface area contributed by atoms with Gasteiger partial charge in [0.25, 0.3) is 0 Å². The molecular formula is C63H109NO10. The van der Waals surface area contributed by atoms with Crippen molar-refractivity contribution in [3.8, 4) is 0 Å². The highest BCUT2D eigenvalue weighted by atomic mass is 16.7. The van der Waals surface area contributed by atoms with Gasteiger partial charge in [0.1, 0.15) is 24.4 Å². The Morgan fingerprint density at radius 3 is 1.50 bits per heavy atom. The fourth-order valence-corrected chi connectivity index (χ4v) is 8.90. The summed E-state index contributed by atoms with van der Waals surface area (Å²) in [5.74, 6) is -1.24. The van der Waals surface area contributed by atoms with Crippen LogP contribution in [0.15, 0.2) is 85.1 Å². The number of unbranched alkanes of at least 4 members (excludes halogenated alkanes) is 27. The van der Waals surface area contributed by atoms with Crippen LogP contribution in [0.3, 0.4) is 0 Å². The lowest BCUT2D eigenvalue weighted by Crippen LogP contribution is -2.61. The number of ether oxygens (including phenoxy) is 3. The molecule has 1 aliphatic rings. The number of allylic oxidation sites excluding steroid dienone is 13. The van der Waals surface area contributed by atoms with Crippen molar-refractivity contribution in [3.05, 3.63) is 85.1 Å². The second-order valence-corrected chi connectivity index (χ2v) is 20.5. The molecule has 0 aromatic heterocycles. The van der Waals surface area contributed by atoms with E-state index < -0.39 is 67.4 Å². The lowest BCUT2D eigenvalue weighted by molar-refractivity contribution is -0.305. The summed E-state index contributed by atoms with van der Waals surface area (Å²) in [6, 6.07) is -1.05. The Morgan fingerprint density at radius 2 is 0.986 bits per heavy atom. The number of rotatable bonds is 49. The first-order valence-corrected chi connectivity index (χ1v) is 29.9. The molecule has 1 rings (SSSR count). The summed E-state index contributed by atoms with van der Waals surface area (Å²) in [5, 5.41) is 56.8. The Hall–Kier alpha value is -3.16. The third-order valence-corrected chi connectivity index (χ3v) is 13.7. The Labute approximate surface area is 451 Å². The molecule has 0 aromatic carbocycles. The molecule has 0 bridgehead atoms. The van der Waals surface area contributed by atoms with Crippen LogP contribution in [0.1, 0.15) is 239 Å². The van der Waals surface area contributed by atoms with E-state index in [9.17, 15) is 35.1 Å². The summed E-state index contributed by atoms with van der Waals surface area (Å²) in [4.78, 5) is 26.5. The highest BCUT2D eigenvalue weighted by Gasteiger charge is 2.47. The molecule has 8 unspecified atom stereocenters. The van der Waals surface area contributed by atoms with Crippen molar-refractivity contribution in [3.63, 3.8) is 0 Å². The topological polar surface area (TPSA) is 175 Å². The van der Waals surface area contributed by atoms with Gasteiger partial charge in [-0.15, -0.1) is 0 Å². The van der Waals surface area contributed by atoms with Gasteiger partial charge in [0.05, 0.1) is 25.4 Å². The van der Waals surface area contributed by atoms with E-state index in [0.717, 1.165) is 64.2 Å².